The molecule has 3 heteroatoms. The third kappa shape index (κ3) is 93.7. The maximum atomic E-state index is 9.50. The summed E-state index contributed by atoms with van der Waals surface area (Å²) in [6.07, 6.45) is 0. The van der Waals surface area contributed by atoms with Gasteiger partial charge in [-0.15, -0.1) is 0 Å². The van der Waals surface area contributed by atoms with Crippen LogP contribution >= 0.6 is 11.9 Å². The number of hydrogen-bond donors (Lipinski definition) is 1. The average molecular weight is 86.5 g/mol. The lowest BCUT2D eigenvalue weighted by atomic mass is 11.9. The first-order valence-corrected chi connectivity index (χ1v) is 0.885. The van der Waals surface area contributed by atoms with Crippen molar-refractivity contribution in [2.45, 2.75) is 0 Å². The van der Waals surface area contributed by atoms with Gasteiger partial charge in [-0.1, -0.05) is 0 Å². The first-order chi connectivity index (χ1) is 2.00. The van der Waals surface area contributed by atoms with Gasteiger partial charge in [-0.2, -0.15) is 0 Å². The molecule has 0 aromatic rings. The van der Waals surface area contributed by atoms with E-state index in [0.717, 1.165) is 0 Å². The van der Waals surface area contributed by atoms with Crippen molar-refractivity contribution in [3.8, 4) is 0 Å². The summed E-state index contributed by atoms with van der Waals surface area (Å²) in [7, 11) is 0.500. The summed E-state index contributed by atoms with van der Waals surface area (Å²) in [6, 6.07) is 0. The Labute approximate surface area is 29.2 Å². The van der Waals surface area contributed by atoms with Crippen LogP contribution in [0.4, 0.5) is 4.39 Å². The van der Waals surface area contributed by atoms with Crippen LogP contribution in [0.2, 0.25) is 0 Å². The molecule has 0 aliphatic rings. The van der Waals surface area contributed by atoms with Crippen LogP contribution in [0, 0.1) is 0 Å². The van der Waals surface area contributed by atoms with Crippen molar-refractivity contribution in [1.29, 1.82) is 0 Å². The molecule has 0 aliphatic carbocycles. The van der Waals surface area contributed by atoms with Gasteiger partial charge in [0.2, 0.25) is 0 Å². The molecule has 28 valence electrons. The minimum atomic E-state index is 0.500. The third-order valence-electron chi connectivity index (χ3n) is 0. The summed E-state index contributed by atoms with van der Waals surface area (Å²) in [5.41, 5.74) is 0. The van der Waals surface area contributed by atoms with Gasteiger partial charge < -0.3 is 0 Å². The fourth-order valence-corrected chi connectivity index (χ4v) is 0. The predicted molar refractivity (Wildman–Crippen MR) is 15.1 cm³/mol. The molecule has 0 aliphatic heterocycles. The number of rotatable bonds is 0. The van der Waals surface area contributed by atoms with Crippen molar-refractivity contribution in [1.82, 2.24) is 0 Å². The first-order valence-electron chi connectivity index (χ1n) is 0.547. The molecule has 0 rings (SSSR count). The minimum Gasteiger partial charge on any atom is -0.295 e. The molecule has 1 nitrogen and oxygen atoms in total. The molecule has 0 heterocycles. The zero-order chi connectivity index (χ0) is 4.00. The molecule has 0 amide bonds. The Balaban J connectivity index is 0. The van der Waals surface area contributed by atoms with Crippen molar-refractivity contribution in [3.05, 3.63) is 0 Å². The van der Waals surface area contributed by atoms with Crippen LogP contribution in [-0.4, -0.2) is 11.8 Å². The Morgan fingerprint density at radius 3 is 1.50 bits per heavy atom. The van der Waals surface area contributed by atoms with E-state index in [1.165, 1.54) is 0 Å². The van der Waals surface area contributed by atoms with Crippen molar-refractivity contribution in [3.63, 3.8) is 0 Å². The van der Waals surface area contributed by atoms with Crippen LogP contribution in [0.1, 0.15) is 0 Å². The van der Waals surface area contributed by atoms with Crippen LogP contribution in [0.25, 0.3) is 0 Å². The molecule has 0 unspecified atom stereocenters. The molecule has 0 saturated carbocycles. The van der Waals surface area contributed by atoms with Gasteiger partial charge in [0.25, 0.3) is 0 Å². The second-order valence-electron chi connectivity index (χ2n) is 0. The summed E-state index contributed by atoms with van der Waals surface area (Å²) in [6.45, 7) is 0. The topological polar surface area (TPSA) is 20.2 Å². The standard InChI is InChI=1S/CH3F.ClHO/c2*1-2/h1H3;2H. The minimum absolute atomic E-state index is 0.500. The third-order valence-corrected chi connectivity index (χ3v) is 0. The molecule has 0 spiro atoms. The van der Waals surface area contributed by atoms with Crippen LogP contribution in [0.5, 0.6) is 0 Å². The monoisotopic (exact) mass is 86.0 g/mol. The summed E-state index contributed by atoms with van der Waals surface area (Å²) in [4.78, 5) is 0. The second-order valence-corrected chi connectivity index (χ2v) is 0. The van der Waals surface area contributed by atoms with Gasteiger partial charge in [-0.3, -0.25) is 9.05 Å². The van der Waals surface area contributed by atoms with E-state index < -0.39 is 0 Å². The lowest BCUT2D eigenvalue weighted by Gasteiger charge is -1.13. The molecule has 1 N–H and O–H groups in total. The van der Waals surface area contributed by atoms with Gasteiger partial charge in [0.15, 0.2) is 0 Å². The van der Waals surface area contributed by atoms with Gasteiger partial charge in [0, 0.05) is 0 Å². The molecule has 0 aromatic carbocycles. The van der Waals surface area contributed by atoms with Crippen LogP contribution in [0.15, 0.2) is 0 Å². The highest BCUT2D eigenvalue weighted by molar-refractivity contribution is 6.04. The van der Waals surface area contributed by atoms with E-state index in [0.29, 0.717) is 7.18 Å². The van der Waals surface area contributed by atoms with Crippen molar-refractivity contribution < 1.29 is 9.05 Å². The van der Waals surface area contributed by atoms with Gasteiger partial charge in [0.1, 0.15) is 0 Å². The van der Waals surface area contributed by atoms with Crippen LogP contribution in [-0.2, 0) is 0 Å². The number of alkyl halides is 1. The van der Waals surface area contributed by atoms with Gasteiger partial charge in [-0.05, 0) is 0 Å². The number of hydrogen-bond acceptors (Lipinski definition) is 1. The van der Waals surface area contributed by atoms with Crippen LogP contribution < -0.4 is 0 Å². The molecular formula is CH4ClFO. The highest BCUT2D eigenvalue weighted by Gasteiger charge is 0.926. The zero-order valence-electron chi connectivity index (χ0n) is 2.20. The molecule has 0 atom stereocenters. The van der Waals surface area contributed by atoms with Crippen LogP contribution in [0.3, 0.4) is 0 Å². The van der Waals surface area contributed by atoms with Gasteiger partial charge >= 0.3 is 0 Å². The Bertz CT molecular complexity index is 8.00. The quantitative estimate of drug-likeness (QED) is 0.461. The number of halogens is 2. The highest BCUT2D eigenvalue weighted by atomic mass is 35.5. The summed E-state index contributed by atoms with van der Waals surface area (Å²) < 4.78 is 16.0. The Kier molecular flexibility index (Phi) is 1040. The second kappa shape index (κ2) is 466. The molecule has 0 bridgehead atoms. The molecular weight excluding hydrogens is 82.5 g/mol. The summed E-state index contributed by atoms with van der Waals surface area (Å²) in [5.74, 6) is 0. The lowest BCUT2D eigenvalue weighted by Crippen LogP contribution is -0.939. The normalized spacial score (nSPS) is 3.00. The van der Waals surface area contributed by atoms with Crippen molar-refractivity contribution >= 4 is 11.9 Å². The molecule has 4 heavy (non-hydrogen) atoms. The molecule has 0 fully saturated rings. The largest absolute Gasteiger partial charge is 0.295 e. The maximum Gasteiger partial charge on any atom is 0.0785 e. The molecule has 0 saturated heterocycles. The Morgan fingerprint density at radius 1 is 1.50 bits per heavy atom. The smallest absolute Gasteiger partial charge is 0.0785 e. The van der Waals surface area contributed by atoms with E-state index in [2.05, 4.69) is 11.9 Å². The fraction of sp³-hybridized carbons (Fsp3) is 1.00. The average Bonchev–Trinajstić information content (AvgIpc) is 1.50. The van der Waals surface area contributed by atoms with E-state index in [4.69, 9.17) is 4.66 Å². The van der Waals surface area contributed by atoms with E-state index in [1.54, 1.807) is 0 Å². The van der Waals surface area contributed by atoms with E-state index in [1.807, 2.05) is 0 Å². The Hall–Kier alpha value is 0.180. The van der Waals surface area contributed by atoms with E-state index in [9.17, 15) is 4.39 Å². The lowest BCUT2D eigenvalue weighted by molar-refractivity contribution is 0.632. The van der Waals surface area contributed by atoms with Gasteiger partial charge in [0.05, 0.1) is 19.0 Å². The molecule has 0 aromatic heterocycles. The summed E-state index contributed by atoms with van der Waals surface area (Å²) in [5, 5.41) is 0. The summed E-state index contributed by atoms with van der Waals surface area (Å²) >= 11 is 3.64. The molecule has 0 radical (unpaired) electrons. The maximum absolute atomic E-state index is 9.50. The predicted octanol–water partition coefficient (Wildman–Crippen LogP) is 0.718. The highest BCUT2D eigenvalue weighted by Crippen LogP contribution is 1.31. The van der Waals surface area contributed by atoms with E-state index >= 15 is 0 Å². The Morgan fingerprint density at radius 2 is 1.50 bits per heavy atom. The van der Waals surface area contributed by atoms with Gasteiger partial charge in [-0.25, -0.2) is 0 Å². The van der Waals surface area contributed by atoms with Crippen molar-refractivity contribution in [2.75, 3.05) is 7.18 Å². The fourth-order valence-electron chi connectivity index (χ4n) is 0. The zero-order valence-corrected chi connectivity index (χ0v) is 2.96. The van der Waals surface area contributed by atoms with Crippen molar-refractivity contribution in [2.24, 2.45) is 0 Å². The SMILES string of the molecule is CF.OCl. The van der Waals surface area contributed by atoms with E-state index in [-0.39, 0.29) is 0 Å². The first kappa shape index (κ1) is 8.89.